The lowest BCUT2D eigenvalue weighted by atomic mass is 10.0. The van der Waals surface area contributed by atoms with Gasteiger partial charge in [0.15, 0.2) is 0 Å². The monoisotopic (exact) mass is 346 g/mol. The molecule has 3 aromatic rings. The number of rotatable bonds is 3. The van der Waals surface area contributed by atoms with Crippen LogP contribution in [0.5, 0.6) is 0 Å². The molecule has 1 fully saturated rings. The lowest BCUT2D eigenvalue weighted by Crippen LogP contribution is -2.48. The summed E-state index contributed by atoms with van der Waals surface area (Å²) in [5.41, 5.74) is 2.05. The van der Waals surface area contributed by atoms with Gasteiger partial charge in [-0.1, -0.05) is 48.5 Å². The van der Waals surface area contributed by atoms with E-state index in [1.807, 2.05) is 67.3 Å². The summed E-state index contributed by atoms with van der Waals surface area (Å²) >= 11 is 0. The topological polar surface area (TPSA) is 42.4 Å². The Morgan fingerprint density at radius 1 is 1.15 bits per heavy atom. The fourth-order valence-corrected chi connectivity index (χ4v) is 3.66. The van der Waals surface area contributed by atoms with Gasteiger partial charge in [0, 0.05) is 11.6 Å². The van der Waals surface area contributed by atoms with Crippen LogP contribution in [0.25, 0.3) is 10.9 Å². The number of para-hydroxylation sites is 1. The summed E-state index contributed by atoms with van der Waals surface area (Å²) in [5, 5.41) is 0.968. The summed E-state index contributed by atoms with van der Waals surface area (Å²) < 4.78 is 5.95. The van der Waals surface area contributed by atoms with Crippen molar-refractivity contribution in [2.24, 2.45) is 0 Å². The van der Waals surface area contributed by atoms with Gasteiger partial charge in [-0.2, -0.15) is 0 Å². The van der Waals surface area contributed by atoms with E-state index in [1.54, 1.807) is 6.20 Å². The van der Waals surface area contributed by atoms with Gasteiger partial charge in [0.2, 0.25) is 0 Å². The molecule has 132 valence electrons. The standard InChI is InChI=1S/C22H22N2O2/c1-22(2)24(19(15-26-22)12-16-8-4-3-5-9-16)21(25)18-13-17-10-6-7-11-20(17)23-14-18/h3-11,13-14,19H,12,15H2,1-2H3/t19-/m0/s1. The van der Waals surface area contributed by atoms with Gasteiger partial charge in [0.05, 0.1) is 23.7 Å². The van der Waals surface area contributed by atoms with Crippen LogP contribution in [0.1, 0.15) is 29.8 Å². The highest BCUT2D eigenvalue weighted by Gasteiger charge is 2.43. The Balaban J connectivity index is 1.66. The molecule has 1 aliphatic rings. The molecule has 1 aromatic heterocycles. The minimum atomic E-state index is -0.637. The number of fused-ring (bicyclic) bond motifs is 1. The Kier molecular flexibility index (Phi) is 4.21. The molecule has 0 bridgehead atoms. The van der Waals surface area contributed by atoms with Gasteiger partial charge in [-0.15, -0.1) is 0 Å². The van der Waals surface area contributed by atoms with Crippen molar-refractivity contribution in [1.82, 2.24) is 9.88 Å². The molecular weight excluding hydrogens is 324 g/mol. The van der Waals surface area contributed by atoms with E-state index in [4.69, 9.17) is 4.74 Å². The highest BCUT2D eigenvalue weighted by Crippen LogP contribution is 2.31. The lowest BCUT2D eigenvalue weighted by Gasteiger charge is -2.34. The third-order valence-electron chi connectivity index (χ3n) is 4.94. The molecule has 4 heteroatoms. The summed E-state index contributed by atoms with van der Waals surface area (Å²) in [6.07, 6.45) is 2.44. The molecule has 4 rings (SSSR count). The van der Waals surface area contributed by atoms with E-state index >= 15 is 0 Å². The number of pyridine rings is 1. The molecule has 2 heterocycles. The summed E-state index contributed by atoms with van der Waals surface area (Å²) in [6, 6.07) is 20.0. The van der Waals surface area contributed by atoms with Gasteiger partial charge in [-0.25, -0.2) is 0 Å². The number of aromatic nitrogens is 1. The van der Waals surface area contributed by atoms with Crippen molar-refractivity contribution in [3.8, 4) is 0 Å². The summed E-state index contributed by atoms with van der Waals surface area (Å²) in [7, 11) is 0. The molecule has 0 radical (unpaired) electrons. The SMILES string of the molecule is CC1(C)OC[C@H](Cc2ccccc2)N1C(=O)c1cnc2ccccc2c1. The van der Waals surface area contributed by atoms with Crippen molar-refractivity contribution in [3.05, 3.63) is 78.0 Å². The average Bonchev–Trinajstić information content (AvgIpc) is 2.95. The Bertz CT molecular complexity index is 937. The lowest BCUT2D eigenvalue weighted by molar-refractivity contribution is -0.0402. The van der Waals surface area contributed by atoms with Crippen LogP contribution in [0.3, 0.4) is 0 Å². The fourth-order valence-electron chi connectivity index (χ4n) is 3.66. The second kappa shape index (κ2) is 6.54. The zero-order valence-corrected chi connectivity index (χ0v) is 15.1. The third-order valence-corrected chi connectivity index (χ3v) is 4.94. The Morgan fingerprint density at radius 2 is 1.88 bits per heavy atom. The highest BCUT2D eigenvalue weighted by atomic mass is 16.5. The molecule has 1 saturated heterocycles. The van der Waals surface area contributed by atoms with Crippen LogP contribution in [-0.2, 0) is 11.2 Å². The van der Waals surface area contributed by atoms with Crippen molar-refractivity contribution >= 4 is 16.8 Å². The first kappa shape index (κ1) is 16.7. The Morgan fingerprint density at radius 3 is 2.69 bits per heavy atom. The zero-order chi connectivity index (χ0) is 18.1. The van der Waals surface area contributed by atoms with Crippen LogP contribution in [-0.4, -0.2) is 34.2 Å². The maximum Gasteiger partial charge on any atom is 0.258 e. The Labute approximate surface area is 153 Å². The van der Waals surface area contributed by atoms with Crippen molar-refractivity contribution in [2.45, 2.75) is 32.0 Å². The van der Waals surface area contributed by atoms with Crippen LogP contribution in [0.15, 0.2) is 66.9 Å². The predicted octanol–water partition coefficient (Wildman–Crippen LogP) is 4.05. The first-order valence-corrected chi connectivity index (χ1v) is 8.91. The molecule has 2 aromatic carbocycles. The van der Waals surface area contributed by atoms with E-state index in [0.29, 0.717) is 12.2 Å². The van der Waals surface area contributed by atoms with Crippen molar-refractivity contribution in [1.29, 1.82) is 0 Å². The van der Waals surface area contributed by atoms with Gasteiger partial charge in [-0.3, -0.25) is 9.78 Å². The number of benzene rings is 2. The molecule has 0 aliphatic carbocycles. The van der Waals surface area contributed by atoms with Crippen LogP contribution in [0.4, 0.5) is 0 Å². The van der Waals surface area contributed by atoms with Crippen molar-refractivity contribution < 1.29 is 9.53 Å². The predicted molar refractivity (Wildman–Crippen MR) is 102 cm³/mol. The van der Waals surface area contributed by atoms with Crippen LogP contribution >= 0.6 is 0 Å². The molecule has 4 nitrogen and oxygen atoms in total. The van der Waals surface area contributed by atoms with E-state index in [-0.39, 0.29) is 11.9 Å². The van der Waals surface area contributed by atoms with E-state index in [1.165, 1.54) is 5.56 Å². The number of ether oxygens (including phenoxy) is 1. The summed E-state index contributed by atoms with van der Waals surface area (Å²) in [6.45, 7) is 4.43. The second-order valence-corrected chi connectivity index (χ2v) is 7.19. The minimum absolute atomic E-state index is 0.00590. The van der Waals surface area contributed by atoms with Crippen molar-refractivity contribution in [3.63, 3.8) is 0 Å². The number of amides is 1. The van der Waals surface area contributed by atoms with Gasteiger partial charge in [-0.05, 0) is 38.0 Å². The summed E-state index contributed by atoms with van der Waals surface area (Å²) in [5.74, 6) is -0.0355. The van der Waals surface area contributed by atoms with Gasteiger partial charge < -0.3 is 9.64 Å². The molecule has 0 unspecified atom stereocenters. The number of hydrogen-bond acceptors (Lipinski definition) is 3. The molecule has 1 aliphatic heterocycles. The smallest absolute Gasteiger partial charge is 0.258 e. The fraction of sp³-hybridized carbons (Fsp3) is 0.273. The molecule has 0 saturated carbocycles. The van der Waals surface area contributed by atoms with E-state index in [2.05, 4.69) is 17.1 Å². The first-order valence-electron chi connectivity index (χ1n) is 8.91. The maximum absolute atomic E-state index is 13.3. The van der Waals surface area contributed by atoms with E-state index in [9.17, 15) is 4.79 Å². The van der Waals surface area contributed by atoms with Gasteiger partial charge >= 0.3 is 0 Å². The summed E-state index contributed by atoms with van der Waals surface area (Å²) in [4.78, 5) is 19.6. The van der Waals surface area contributed by atoms with Crippen LogP contribution < -0.4 is 0 Å². The highest BCUT2D eigenvalue weighted by molar-refractivity contribution is 5.97. The minimum Gasteiger partial charge on any atom is -0.354 e. The normalized spacial score (nSPS) is 19.0. The largest absolute Gasteiger partial charge is 0.354 e. The van der Waals surface area contributed by atoms with E-state index in [0.717, 1.165) is 17.3 Å². The quantitative estimate of drug-likeness (QED) is 0.718. The Hall–Kier alpha value is -2.72. The first-order chi connectivity index (χ1) is 12.5. The average molecular weight is 346 g/mol. The molecule has 0 spiro atoms. The van der Waals surface area contributed by atoms with Crippen LogP contribution in [0.2, 0.25) is 0 Å². The molecule has 0 N–H and O–H groups in total. The van der Waals surface area contributed by atoms with Crippen LogP contribution in [0, 0.1) is 0 Å². The number of carbonyl (C=O) groups excluding carboxylic acids is 1. The van der Waals surface area contributed by atoms with Gasteiger partial charge in [0.25, 0.3) is 5.91 Å². The third kappa shape index (κ3) is 3.08. The van der Waals surface area contributed by atoms with Gasteiger partial charge in [0.1, 0.15) is 5.72 Å². The maximum atomic E-state index is 13.3. The van der Waals surface area contributed by atoms with E-state index < -0.39 is 5.72 Å². The number of nitrogens with zero attached hydrogens (tertiary/aromatic N) is 2. The number of hydrogen-bond donors (Lipinski definition) is 0. The zero-order valence-electron chi connectivity index (χ0n) is 15.1. The number of carbonyl (C=O) groups is 1. The molecule has 26 heavy (non-hydrogen) atoms. The molecule has 1 atom stereocenters. The second-order valence-electron chi connectivity index (χ2n) is 7.19. The molecular formula is C22H22N2O2. The van der Waals surface area contributed by atoms with Crippen molar-refractivity contribution in [2.75, 3.05) is 6.61 Å². The molecule has 1 amide bonds.